The number of aliphatic hydroxyl groups is 1. The predicted octanol–water partition coefficient (Wildman–Crippen LogP) is 2.60. The number of rotatable bonds is 6. The number of ether oxygens (including phenoxy) is 1. The van der Waals surface area contributed by atoms with Crippen LogP contribution in [0.4, 0.5) is 13.2 Å². The first-order valence-corrected chi connectivity index (χ1v) is 8.23. The maximum absolute atomic E-state index is 12.3. The number of hydrogen-bond donors (Lipinski definition) is 2. The van der Waals surface area contributed by atoms with Crippen LogP contribution in [0.1, 0.15) is 11.6 Å². The van der Waals surface area contributed by atoms with Gasteiger partial charge in [-0.05, 0) is 29.8 Å². The average Bonchev–Trinajstić information content (AvgIpc) is 2.52. The van der Waals surface area contributed by atoms with Crippen LogP contribution in [0.3, 0.4) is 0 Å². The van der Waals surface area contributed by atoms with E-state index in [1.807, 2.05) is 0 Å². The van der Waals surface area contributed by atoms with Gasteiger partial charge in [0.15, 0.2) is 0 Å². The minimum atomic E-state index is -4.85. The normalized spacial score (nSPS) is 13.5. The number of hydrogen-bond acceptors (Lipinski definition) is 4. The molecule has 2 aromatic carbocycles. The summed E-state index contributed by atoms with van der Waals surface area (Å²) in [5.41, 5.74) is 0.556. The lowest BCUT2D eigenvalue weighted by Gasteiger charge is -2.17. The van der Waals surface area contributed by atoms with Crippen LogP contribution in [0, 0.1) is 0 Å². The number of benzene rings is 2. The molecule has 2 aromatic rings. The third-order valence-corrected chi connectivity index (χ3v) is 4.54. The van der Waals surface area contributed by atoms with E-state index in [4.69, 9.17) is 0 Å². The Morgan fingerprint density at radius 1 is 1.04 bits per heavy atom. The van der Waals surface area contributed by atoms with Crippen LogP contribution in [0.25, 0.3) is 0 Å². The van der Waals surface area contributed by atoms with E-state index in [0.717, 1.165) is 24.3 Å². The fourth-order valence-electron chi connectivity index (χ4n) is 1.97. The van der Waals surface area contributed by atoms with Crippen LogP contribution < -0.4 is 9.46 Å². The van der Waals surface area contributed by atoms with E-state index >= 15 is 0 Å². The van der Waals surface area contributed by atoms with Gasteiger partial charge < -0.3 is 9.84 Å². The quantitative estimate of drug-likeness (QED) is 0.829. The van der Waals surface area contributed by atoms with E-state index in [0.29, 0.717) is 5.56 Å². The van der Waals surface area contributed by atoms with Crippen molar-refractivity contribution in [2.75, 3.05) is 6.61 Å². The molecule has 0 fully saturated rings. The van der Waals surface area contributed by atoms with Gasteiger partial charge in [0.05, 0.1) is 17.5 Å². The highest BCUT2D eigenvalue weighted by Crippen LogP contribution is 2.24. The SMILES string of the molecule is O=S(=O)(N[C@@H](CO)c1ccccc1)c1ccc(OC(F)(F)F)cc1. The van der Waals surface area contributed by atoms with Crippen molar-refractivity contribution in [3.8, 4) is 5.75 Å². The molecule has 0 spiro atoms. The molecule has 130 valence electrons. The summed E-state index contributed by atoms with van der Waals surface area (Å²) in [5.74, 6) is -0.525. The first-order chi connectivity index (χ1) is 11.2. The van der Waals surface area contributed by atoms with Crippen molar-refractivity contribution < 1.29 is 31.4 Å². The van der Waals surface area contributed by atoms with Gasteiger partial charge >= 0.3 is 6.36 Å². The Morgan fingerprint density at radius 3 is 2.12 bits per heavy atom. The number of nitrogens with one attached hydrogen (secondary N) is 1. The summed E-state index contributed by atoms with van der Waals surface area (Å²) in [6, 6.07) is 11.3. The molecule has 0 bridgehead atoms. The van der Waals surface area contributed by atoms with Gasteiger partial charge in [0.2, 0.25) is 10.0 Å². The van der Waals surface area contributed by atoms with Crippen LogP contribution in [0.5, 0.6) is 5.75 Å². The Morgan fingerprint density at radius 2 is 1.62 bits per heavy atom. The predicted molar refractivity (Wildman–Crippen MR) is 79.7 cm³/mol. The van der Waals surface area contributed by atoms with Gasteiger partial charge in [0.1, 0.15) is 5.75 Å². The number of sulfonamides is 1. The van der Waals surface area contributed by atoms with Gasteiger partial charge in [-0.3, -0.25) is 0 Å². The van der Waals surface area contributed by atoms with Crippen LogP contribution in [0.2, 0.25) is 0 Å². The molecule has 0 heterocycles. The molecule has 1 atom stereocenters. The summed E-state index contributed by atoms with van der Waals surface area (Å²) in [7, 11) is -4.03. The summed E-state index contributed by atoms with van der Waals surface area (Å²) >= 11 is 0. The summed E-state index contributed by atoms with van der Waals surface area (Å²) < 4.78 is 66.9. The van der Waals surface area contributed by atoms with Crippen molar-refractivity contribution in [3.63, 3.8) is 0 Å². The summed E-state index contributed by atoms with van der Waals surface area (Å²) in [6.45, 7) is -0.474. The third kappa shape index (κ3) is 4.95. The summed E-state index contributed by atoms with van der Waals surface area (Å²) in [4.78, 5) is -0.244. The molecular formula is C15H14F3NO4S. The zero-order chi connectivity index (χ0) is 17.8. The molecule has 2 rings (SSSR count). The molecule has 0 aromatic heterocycles. The van der Waals surface area contributed by atoms with Crippen molar-refractivity contribution in [1.29, 1.82) is 0 Å². The van der Waals surface area contributed by atoms with Gasteiger partial charge in [0, 0.05) is 0 Å². The van der Waals surface area contributed by atoms with Gasteiger partial charge in [-0.15, -0.1) is 13.2 Å². The highest BCUT2D eigenvalue weighted by Gasteiger charge is 2.31. The Bertz CT molecular complexity index is 762. The molecule has 0 saturated carbocycles. The van der Waals surface area contributed by atoms with E-state index in [9.17, 15) is 26.7 Å². The van der Waals surface area contributed by atoms with Crippen molar-refractivity contribution in [1.82, 2.24) is 4.72 Å². The molecule has 5 nitrogen and oxygen atoms in total. The van der Waals surface area contributed by atoms with Crippen molar-refractivity contribution >= 4 is 10.0 Å². The van der Waals surface area contributed by atoms with Gasteiger partial charge in [-0.2, -0.15) is 0 Å². The second-order valence-electron chi connectivity index (χ2n) is 4.79. The number of aliphatic hydroxyl groups excluding tert-OH is 1. The minimum Gasteiger partial charge on any atom is -0.406 e. The van der Waals surface area contributed by atoms with E-state index in [-0.39, 0.29) is 4.90 Å². The largest absolute Gasteiger partial charge is 0.573 e. The minimum absolute atomic E-state index is 0.244. The summed E-state index contributed by atoms with van der Waals surface area (Å²) in [5, 5.41) is 9.39. The molecule has 0 saturated heterocycles. The first kappa shape index (κ1) is 18.2. The molecule has 2 N–H and O–H groups in total. The Labute approximate surface area is 136 Å². The molecule has 24 heavy (non-hydrogen) atoms. The molecule has 0 aliphatic rings. The lowest BCUT2D eigenvalue weighted by molar-refractivity contribution is -0.274. The lowest BCUT2D eigenvalue weighted by atomic mass is 10.1. The zero-order valence-corrected chi connectivity index (χ0v) is 13.0. The number of alkyl halides is 3. The molecule has 9 heteroatoms. The highest BCUT2D eigenvalue weighted by molar-refractivity contribution is 7.89. The first-order valence-electron chi connectivity index (χ1n) is 6.75. The second-order valence-corrected chi connectivity index (χ2v) is 6.50. The third-order valence-electron chi connectivity index (χ3n) is 3.05. The van der Waals surface area contributed by atoms with Crippen LogP contribution >= 0.6 is 0 Å². The topological polar surface area (TPSA) is 75.6 Å². The molecule has 0 radical (unpaired) electrons. The standard InChI is InChI=1S/C15H14F3NO4S/c16-15(17,18)23-12-6-8-13(9-7-12)24(21,22)19-14(10-20)11-4-2-1-3-5-11/h1-9,14,19-20H,10H2/t14-/m0/s1. The van der Waals surface area contributed by atoms with E-state index in [2.05, 4.69) is 9.46 Å². The molecule has 0 aliphatic heterocycles. The average molecular weight is 361 g/mol. The Hall–Kier alpha value is -2.10. The second kappa shape index (κ2) is 7.20. The van der Waals surface area contributed by atoms with Crippen LogP contribution in [-0.4, -0.2) is 26.5 Å². The number of halogens is 3. The van der Waals surface area contributed by atoms with E-state index in [1.54, 1.807) is 30.3 Å². The maximum Gasteiger partial charge on any atom is 0.573 e. The molecule has 0 amide bonds. The fourth-order valence-corrected chi connectivity index (χ4v) is 3.19. The van der Waals surface area contributed by atoms with E-state index in [1.165, 1.54) is 0 Å². The smallest absolute Gasteiger partial charge is 0.406 e. The van der Waals surface area contributed by atoms with Crippen molar-refractivity contribution in [2.24, 2.45) is 0 Å². The van der Waals surface area contributed by atoms with Crippen molar-refractivity contribution in [3.05, 3.63) is 60.2 Å². The monoisotopic (exact) mass is 361 g/mol. The Balaban J connectivity index is 2.17. The van der Waals surface area contributed by atoms with Crippen molar-refractivity contribution in [2.45, 2.75) is 17.3 Å². The maximum atomic E-state index is 12.3. The molecular weight excluding hydrogens is 347 g/mol. The van der Waals surface area contributed by atoms with Gasteiger partial charge in [-0.1, -0.05) is 30.3 Å². The van der Waals surface area contributed by atoms with E-state index < -0.39 is 34.8 Å². The highest BCUT2D eigenvalue weighted by atomic mass is 32.2. The lowest BCUT2D eigenvalue weighted by Crippen LogP contribution is -2.30. The van der Waals surface area contributed by atoms with Crippen LogP contribution in [-0.2, 0) is 10.0 Å². The molecule has 0 aliphatic carbocycles. The van der Waals surface area contributed by atoms with Gasteiger partial charge in [-0.25, -0.2) is 13.1 Å². The molecule has 0 unspecified atom stereocenters. The van der Waals surface area contributed by atoms with Gasteiger partial charge in [0.25, 0.3) is 0 Å². The fraction of sp³-hybridized carbons (Fsp3) is 0.200. The summed E-state index contributed by atoms with van der Waals surface area (Å²) in [6.07, 6.45) is -4.85. The Kier molecular flexibility index (Phi) is 5.47. The van der Waals surface area contributed by atoms with Crippen LogP contribution in [0.15, 0.2) is 59.5 Å². The zero-order valence-electron chi connectivity index (χ0n) is 12.2.